The molecule has 0 aliphatic carbocycles. The van der Waals surface area contributed by atoms with Crippen molar-refractivity contribution < 1.29 is 14.3 Å². The fourth-order valence-corrected chi connectivity index (χ4v) is 3.61. The van der Waals surface area contributed by atoms with E-state index in [1.54, 1.807) is 51.2 Å². The van der Waals surface area contributed by atoms with Crippen molar-refractivity contribution in [3.05, 3.63) is 57.8 Å². The normalized spacial score (nSPS) is 14.8. The molecule has 0 radical (unpaired) electrons. The summed E-state index contributed by atoms with van der Waals surface area (Å²) >= 11 is 0. The summed E-state index contributed by atoms with van der Waals surface area (Å²) in [5.41, 5.74) is 0.862. The number of amides is 2. The van der Waals surface area contributed by atoms with Gasteiger partial charge in [0.15, 0.2) is 0 Å². The molecule has 2 aromatic rings. The zero-order chi connectivity index (χ0) is 24.9. The minimum absolute atomic E-state index is 0.0771. The van der Waals surface area contributed by atoms with Crippen LogP contribution in [0.2, 0.25) is 0 Å². The lowest BCUT2D eigenvalue weighted by Crippen LogP contribution is -2.36. The molecule has 10 nitrogen and oxygen atoms in total. The van der Waals surface area contributed by atoms with Gasteiger partial charge in [-0.3, -0.25) is 24.9 Å². The van der Waals surface area contributed by atoms with Crippen LogP contribution in [0, 0.1) is 5.41 Å². The average Bonchev–Trinajstić information content (AvgIpc) is 3.21. The molecule has 1 aliphatic rings. The van der Waals surface area contributed by atoms with Crippen LogP contribution >= 0.6 is 0 Å². The highest BCUT2D eigenvalue weighted by atomic mass is 16.6. The molecular formula is C24H32N6O4. The second-order valence-electron chi connectivity index (χ2n) is 9.16. The van der Waals surface area contributed by atoms with E-state index >= 15 is 0 Å². The molecule has 0 saturated carbocycles. The van der Waals surface area contributed by atoms with Crippen molar-refractivity contribution in [2.24, 2.45) is 0 Å². The Bertz CT molecular complexity index is 1120. The molecule has 4 N–H and O–H groups in total. The molecule has 1 atom stereocenters. The Morgan fingerprint density at radius 3 is 2.59 bits per heavy atom. The Hall–Kier alpha value is -3.69. The van der Waals surface area contributed by atoms with Crippen molar-refractivity contribution in [2.45, 2.75) is 65.1 Å². The summed E-state index contributed by atoms with van der Waals surface area (Å²) in [6, 6.07) is 6.32. The van der Waals surface area contributed by atoms with Crippen molar-refractivity contribution in [2.75, 3.05) is 11.9 Å². The number of fused-ring (bicyclic) bond motifs is 1. The smallest absolute Gasteiger partial charge is 0.413 e. The number of aryl methyl sites for hydroxylation is 1. The van der Waals surface area contributed by atoms with Gasteiger partial charge in [0, 0.05) is 25.1 Å². The zero-order valence-corrected chi connectivity index (χ0v) is 20.0. The summed E-state index contributed by atoms with van der Waals surface area (Å²) in [6.07, 6.45) is 2.82. The van der Waals surface area contributed by atoms with Gasteiger partial charge in [-0.05, 0) is 39.2 Å². The first-order valence-electron chi connectivity index (χ1n) is 11.4. The van der Waals surface area contributed by atoms with Gasteiger partial charge in [0.25, 0.3) is 5.56 Å². The Balaban J connectivity index is 1.59. The monoisotopic (exact) mass is 468 g/mol. The van der Waals surface area contributed by atoms with Crippen molar-refractivity contribution in [3.8, 4) is 0 Å². The lowest BCUT2D eigenvalue weighted by Gasteiger charge is -2.19. The molecule has 2 heterocycles. The molecule has 0 bridgehead atoms. The van der Waals surface area contributed by atoms with Crippen molar-refractivity contribution in [1.82, 2.24) is 20.2 Å². The lowest BCUT2D eigenvalue weighted by molar-refractivity contribution is -0.124. The number of amidine groups is 1. The second kappa shape index (κ2) is 10.5. The van der Waals surface area contributed by atoms with Crippen molar-refractivity contribution in [3.63, 3.8) is 0 Å². The van der Waals surface area contributed by atoms with E-state index in [-0.39, 0.29) is 23.8 Å². The molecule has 0 saturated heterocycles. The Morgan fingerprint density at radius 2 is 1.94 bits per heavy atom. The minimum atomic E-state index is -0.691. The molecule has 0 fully saturated rings. The number of aromatic nitrogens is 2. The summed E-state index contributed by atoms with van der Waals surface area (Å²) in [5, 5.41) is 16.4. The van der Waals surface area contributed by atoms with Crippen LogP contribution in [0.5, 0.6) is 0 Å². The molecule has 1 aromatic heterocycles. The van der Waals surface area contributed by atoms with E-state index in [1.807, 2.05) is 6.92 Å². The molecule has 3 rings (SSSR count). The predicted molar refractivity (Wildman–Crippen MR) is 129 cm³/mol. The first kappa shape index (κ1) is 24.9. The zero-order valence-electron chi connectivity index (χ0n) is 20.0. The second-order valence-corrected chi connectivity index (χ2v) is 9.16. The molecule has 1 aliphatic heterocycles. The molecule has 182 valence electrons. The maximum Gasteiger partial charge on any atom is 0.413 e. The van der Waals surface area contributed by atoms with Gasteiger partial charge in [-0.25, -0.2) is 9.78 Å². The van der Waals surface area contributed by atoms with Gasteiger partial charge in [0.05, 0.1) is 6.20 Å². The van der Waals surface area contributed by atoms with Crippen LogP contribution in [-0.2, 0) is 22.5 Å². The topological polar surface area (TPSA) is 138 Å². The fourth-order valence-electron chi connectivity index (χ4n) is 3.61. The molecular weight excluding hydrogens is 436 g/mol. The molecule has 1 aromatic carbocycles. The third-order valence-corrected chi connectivity index (χ3v) is 5.23. The molecule has 0 unspecified atom stereocenters. The molecule has 10 heteroatoms. The van der Waals surface area contributed by atoms with E-state index in [1.165, 1.54) is 4.57 Å². The van der Waals surface area contributed by atoms with Crippen LogP contribution in [0.4, 0.5) is 10.5 Å². The van der Waals surface area contributed by atoms with Crippen LogP contribution in [-0.4, -0.2) is 39.5 Å². The van der Waals surface area contributed by atoms with Crippen molar-refractivity contribution >= 4 is 23.5 Å². The number of benzene rings is 1. The first-order chi connectivity index (χ1) is 16.1. The van der Waals surface area contributed by atoms with E-state index in [9.17, 15) is 14.4 Å². The highest BCUT2D eigenvalue weighted by Crippen LogP contribution is 2.23. The minimum Gasteiger partial charge on any atom is -0.444 e. The number of carbonyl (C=O) groups is 2. The number of nitrogens with zero attached hydrogens (tertiary/aromatic N) is 2. The van der Waals surface area contributed by atoms with Crippen LogP contribution in [0.25, 0.3) is 0 Å². The highest BCUT2D eigenvalue weighted by Gasteiger charge is 2.31. The summed E-state index contributed by atoms with van der Waals surface area (Å²) in [7, 11) is 0. The summed E-state index contributed by atoms with van der Waals surface area (Å²) in [6.45, 7) is 8.19. The van der Waals surface area contributed by atoms with Crippen LogP contribution in [0.1, 0.15) is 63.5 Å². The Labute approximate surface area is 198 Å². The van der Waals surface area contributed by atoms with Crippen LogP contribution < -0.4 is 21.5 Å². The maximum atomic E-state index is 12.9. The third-order valence-electron chi connectivity index (χ3n) is 5.23. The van der Waals surface area contributed by atoms with Gasteiger partial charge in [-0.2, -0.15) is 0 Å². The van der Waals surface area contributed by atoms with Crippen LogP contribution in [0.3, 0.4) is 0 Å². The molecule has 2 amide bonds. The summed E-state index contributed by atoms with van der Waals surface area (Å²) in [5.74, 6) is 0.304. The van der Waals surface area contributed by atoms with Gasteiger partial charge < -0.3 is 15.4 Å². The first-order valence-corrected chi connectivity index (χ1v) is 11.4. The largest absolute Gasteiger partial charge is 0.444 e. The quantitative estimate of drug-likeness (QED) is 0.364. The maximum absolute atomic E-state index is 12.9. The van der Waals surface area contributed by atoms with E-state index in [4.69, 9.17) is 10.1 Å². The van der Waals surface area contributed by atoms with E-state index in [0.29, 0.717) is 36.5 Å². The number of carbonyl (C=O) groups excluding carboxylic acids is 2. The Kier molecular flexibility index (Phi) is 7.70. The average molecular weight is 469 g/mol. The molecule has 34 heavy (non-hydrogen) atoms. The number of alkyl carbamates (subject to hydrolysis) is 1. The van der Waals surface area contributed by atoms with Gasteiger partial charge in [-0.1, -0.05) is 31.2 Å². The standard InChI is InChI=1S/C24H32N6O4/c1-5-12-26-17-14-27-19-11-10-18(30(19)22(17)32)21(31)28-13-15-6-8-16(9-7-15)20(25)29-23(33)34-24(2,3)4/h6-9,14,18,26H,5,10-13H2,1-4H3,(H,28,31)(H2,25,29,33)/t18-/m0/s1. The predicted octanol–water partition coefficient (Wildman–Crippen LogP) is 2.72. The Morgan fingerprint density at radius 1 is 1.24 bits per heavy atom. The number of nitrogens with one attached hydrogen (secondary N) is 4. The van der Waals surface area contributed by atoms with E-state index < -0.39 is 17.7 Å². The number of rotatable bonds is 7. The van der Waals surface area contributed by atoms with E-state index in [0.717, 1.165) is 12.0 Å². The van der Waals surface area contributed by atoms with Gasteiger partial charge in [0.1, 0.15) is 29.0 Å². The van der Waals surface area contributed by atoms with Crippen molar-refractivity contribution in [1.29, 1.82) is 5.41 Å². The third kappa shape index (κ3) is 6.21. The van der Waals surface area contributed by atoms with Crippen LogP contribution in [0.15, 0.2) is 35.3 Å². The number of hydrogen-bond donors (Lipinski definition) is 4. The lowest BCUT2D eigenvalue weighted by atomic mass is 10.1. The van der Waals surface area contributed by atoms with Gasteiger partial charge in [0.2, 0.25) is 5.91 Å². The summed E-state index contributed by atoms with van der Waals surface area (Å²) < 4.78 is 6.64. The van der Waals surface area contributed by atoms with Gasteiger partial charge in [-0.15, -0.1) is 0 Å². The van der Waals surface area contributed by atoms with Gasteiger partial charge >= 0.3 is 6.09 Å². The fraction of sp³-hybridized carbons (Fsp3) is 0.458. The number of anilines is 1. The SMILES string of the molecule is CCCNc1cnc2n(c1=O)[C@H](C(=O)NCc1ccc(C(=N)NC(=O)OC(C)(C)C)cc1)CC2. The highest BCUT2D eigenvalue weighted by molar-refractivity contribution is 6.04. The summed E-state index contributed by atoms with van der Waals surface area (Å²) in [4.78, 5) is 41.9. The molecule has 0 spiro atoms. The van der Waals surface area contributed by atoms with E-state index in [2.05, 4.69) is 20.9 Å². The number of ether oxygens (including phenoxy) is 1. The number of hydrogen-bond acceptors (Lipinski definition) is 7.